The van der Waals surface area contributed by atoms with Crippen molar-refractivity contribution in [1.29, 1.82) is 0 Å². The summed E-state index contributed by atoms with van der Waals surface area (Å²) in [6.45, 7) is 1.71. The molecule has 2 aromatic rings. The fraction of sp³-hybridized carbons (Fsp3) is 0.438. The molecule has 2 aromatic heterocycles. The van der Waals surface area contributed by atoms with E-state index in [-0.39, 0.29) is 35.2 Å². The van der Waals surface area contributed by atoms with Gasteiger partial charge in [-0.1, -0.05) is 6.92 Å². The van der Waals surface area contributed by atoms with E-state index in [0.717, 1.165) is 17.6 Å². The van der Waals surface area contributed by atoms with Crippen LogP contribution < -0.4 is 0 Å². The number of amides is 1. The molecule has 3 atom stereocenters. The molecule has 0 aromatic carbocycles. The third-order valence-electron chi connectivity index (χ3n) is 5.17. The second-order valence-corrected chi connectivity index (χ2v) is 9.77. The maximum Gasteiger partial charge on any atom is 0.352 e. The molecule has 1 saturated heterocycles. The van der Waals surface area contributed by atoms with Crippen LogP contribution in [0.25, 0.3) is 10.4 Å². The fourth-order valence-electron chi connectivity index (χ4n) is 4.07. The number of rotatable bonds is 5. The van der Waals surface area contributed by atoms with E-state index in [4.69, 9.17) is 0 Å². The number of thiazole rings is 1. The molecule has 0 saturated carbocycles. The topological polar surface area (TPSA) is 129 Å². The second kappa shape index (κ2) is 5.88. The lowest BCUT2D eigenvalue weighted by molar-refractivity contribution is -0.157. The van der Waals surface area contributed by atoms with E-state index in [2.05, 4.69) is 4.98 Å². The minimum absolute atomic E-state index is 0.0561. The van der Waals surface area contributed by atoms with Gasteiger partial charge in [0.15, 0.2) is 14.9 Å². The average molecular weight is 411 g/mol. The lowest BCUT2D eigenvalue weighted by Gasteiger charge is -2.45. The Balaban J connectivity index is 1.85. The first-order valence-electron chi connectivity index (χ1n) is 8.25. The van der Waals surface area contributed by atoms with Gasteiger partial charge < -0.3 is 15.1 Å². The van der Waals surface area contributed by atoms with Gasteiger partial charge in [0, 0.05) is 30.6 Å². The molecule has 4 heterocycles. The lowest BCUT2D eigenvalue weighted by Crippen LogP contribution is -2.60. The Morgan fingerprint density at radius 2 is 2.11 bits per heavy atom. The summed E-state index contributed by atoms with van der Waals surface area (Å²) in [6, 6.07) is -0.306. The summed E-state index contributed by atoms with van der Waals surface area (Å²) in [4.78, 5) is 30.5. The van der Waals surface area contributed by atoms with Crippen LogP contribution in [0.2, 0.25) is 0 Å². The molecule has 0 radical (unpaired) electrons. The molecule has 27 heavy (non-hydrogen) atoms. The van der Waals surface area contributed by atoms with Crippen LogP contribution >= 0.6 is 11.3 Å². The van der Waals surface area contributed by atoms with Gasteiger partial charge in [0.1, 0.15) is 16.9 Å². The average Bonchev–Trinajstić information content (AvgIpc) is 3.20. The van der Waals surface area contributed by atoms with Crippen LogP contribution in [-0.4, -0.2) is 63.7 Å². The summed E-state index contributed by atoms with van der Waals surface area (Å²) >= 11 is 1.14. The van der Waals surface area contributed by atoms with E-state index in [1.807, 2.05) is 6.92 Å². The molecule has 0 bridgehead atoms. The van der Waals surface area contributed by atoms with Crippen LogP contribution in [0.15, 0.2) is 23.2 Å². The number of carboxylic acid groups (broad SMARTS) is 1. The molecule has 11 heteroatoms. The number of aliphatic hydroxyl groups excluding tert-OH is 1. The number of aliphatic carboxylic acids is 1. The van der Waals surface area contributed by atoms with Crippen molar-refractivity contribution >= 4 is 43.5 Å². The first-order chi connectivity index (χ1) is 12.7. The van der Waals surface area contributed by atoms with Gasteiger partial charge in [0.05, 0.1) is 16.8 Å². The van der Waals surface area contributed by atoms with E-state index in [1.165, 1.54) is 11.2 Å². The number of aromatic nitrogens is 2. The Hall–Kier alpha value is -2.24. The molecule has 9 nitrogen and oxygen atoms in total. The zero-order valence-corrected chi connectivity index (χ0v) is 16.1. The van der Waals surface area contributed by atoms with Gasteiger partial charge in [-0.05, 0) is 6.42 Å². The lowest BCUT2D eigenvalue weighted by atomic mass is 9.79. The SMILES string of the molecule is C[C@@H]1C(c2cn3cnc(S(C)(=O)=O)c3s2)=C(C(=O)O)N2C(=O)[C@@H](CCO)[C@@H]12. The third-order valence-corrected chi connectivity index (χ3v) is 7.44. The van der Waals surface area contributed by atoms with Gasteiger partial charge in [-0.15, -0.1) is 11.3 Å². The van der Waals surface area contributed by atoms with Crippen molar-refractivity contribution in [2.24, 2.45) is 11.8 Å². The van der Waals surface area contributed by atoms with Crippen molar-refractivity contribution in [2.75, 3.05) is 12.9 Å². The molecule has 2 aliphatic heterocycles. The first-order valence-corrected chi connectivity index (χ1v) is 11.0. The number of nitrogens with zero attached hydrogens (tertiary/aromatic N) is 3. The van der Waals surface area contributed by atoms with Crippen LogP contribution in [0.1, 0.15) is 18.2 Å². The van der Waals surface area contributed by atoms with Crippen molar-refractivity contribution in [3.8, 4) is 0 Å². The van der Waals surface area contributed by atoms with Gasteiger partial charge in [0.2, 0.25) is 5.91 Å². The number of sulfone groups is 1. The number of β-lactam (4-membered cyclic amide) rings is 1. The summed E-state index contributed by atoms with van der Waals surface area (Å²) in [6.07, 6.45) is 4.38. The van der Waals surface area contributed by atoms with E-state index in [1.54, 1.807) is 10.6 Å². The van der Waals surface area contributed by atoms with E-state index < -0.39 is 21.7 Å². The standard InChI is InChI=1S/C16H17N3O6S2/c1-7-10(9-5-18-6-17-13(15(18)26-9)27(2,24)25)12(16(22)23)19-11(7)8(3-4-20)14(19)21/h5-8,11,20H,3-4H2,1-2H3,(H,22,23)/t7-,8+,11-/m1/s1. The molecular weight excluding hydrogens is 394 g/mol. The Labute approximate surface area is 158 Å². The van der Waals surface area contributed by atoms with Crippen LogP contribution in [0.3, 0.4) is 0 Å². The molecule has 0 unspecified atom stereocenters. The number of carboxylic acids is 1. The molecule has 0 spiro atoms. The van der Waals surface area contributed by atoms with Crippen LogP contribution in [0.4, 0.5) is 0 Å². The predicted molar refractivity (Wildman–Crippen MR) is 95.7 cm³/mol. The number of fused-ring (bicyclic) bond motifs is 2. The van der Waals surface area contributed by atoms with Crippen LogP contribution in [0.5, 0.6) is 0 Å². The zero-order chi connectivity index (χ0) is 19.7. The van der Waals surface area contributed by atoms with Gasteiger partial charge in [-0.2, -0.15) is 0 Å². The highest BCUT2D eigenvalue weighted by molar-refractivity contribution is 7.91. The Morgan fingerprint density at radius 1 is 1.41 bits per heavy atom. The monoisotopic (exact) mass is 411 g/mol. The van der Waals surface area contributed by atoms with Crippen LogP contribution in [-0.2, 0) is 19.4 Å². The number of hydrogen-bond acceptors (Lipinski definition) is 7. The maximum absolute atomic E-state index is 12.4. The van der Waals surface area contributed by atoms with E-state index >= 15 is 0 Å². The number of imidazole rings is 1. The fourth-order valence-corrected chi connectivity index (χ4v) is 6.42. The molecule has 0 aliphatic carbocycles. The third kappa shape index (κ3) is 2.45. The highest BCUT2D eigenvalue weighted by Gasteiger charge is 2.58. The largest absolute Gasteiger partial charge is 0.477 e. The van der Waals surface area contributed by atoms with E-state index in [0.29, 0.717) is 21.7 Å². The molecule has 144 valence electrons. The molecule has 1 fully saturated rings. The van der Waals surface area contributed by atoms with E-state index in [9.17, 15) is 28.2 Å². The van der Waals surface area contributed by atoms with Gasteiger partial charge >= 0.3 is 5.97 Å². The molecule has 1 amide bonds. The van der Waals surface area contributed by atoms with Crippen molar-refractivity contribution < 1.29 is 28.2 Å². The smallest absolute Gasteiger partial charge is 0.352 e. The highest BCUT2D eigenvalue weighted by Crippen LogP contribution is 2.51. The van der Waals surface area contributed by atoms with Gasteiger partial charge in [-0.25, -0.2) is 18.2 Å². The quantitative estimate of drug-likeness (QED) is 0.684. The molecule has 2 aliphatic rings. The number of hydrogen-bond donors (Lipinski definition) is 2. The summed E-state index contributed by atoms with van der Waals surface area (Å²) < 4.78 is 25.3. The van der Waals surface area contributed by atoms with Gasteiger partial charge in [-0.3, -0.25) is 9.20 Å². The van der Waals surface area contributed by atoms with Crippen molar-refractivity contribution in [3.05, 3.63) is 23.1 Å². The Bertz CT molecular complexity index is 1110. The van der Waals surface area contributed by atoms with Crippen molar-refractivity contribution in [2.45, 2.75) is 24.4 Å². The number of carbonyl (C=O) groups is 2. The number of carbonyl (C=O) groups excluding carboxylic acids is 1. The molecular formula is C16H17N3O6S2. The zero-order valence-electron chi connectivity index (χ0n) is 14.5. The summed E-state index contributed by atoms with van der Waals surface area (Å²) in [7, 11) is -3.52. The normalized spacial score (nSPS) is 25.2. The predicted octanol–water partition coefficient (Wildman–Crippen LogP) is 0.454. The summed E-state index contributed by atoms with van der Waals surface area (Å²) in [5.74, 6) is -2.15. The maximum atomic E-state index is 12.4. The van der Waals surface area contributed by atoms with Crippen molar-refractivity contribution in [1.82, 2.24) is 14.3 Å². The Morgan fingerprint density at radius 3 is 2.70 bits per heavy atom. The molecule has 4 rings (SSSR count). The number of aliphatic hydroxyl groups is 1. The van der Waals surface area contributed by atoms with Crippen molar-refractivity contribution in [3.63, 3.8) is 0 Å². The van der Waals surface area contributed by atoms with Crippen LogP contribution in [0, 0.1) is 11.8 Å². The second-order valence-electron chi connectivity index (χ2n) is 6.80. The summed E-state index contributed by atoms with van der Waals surface area (Å²) in [5, 5.41) is 18.9. The molecule has 2 N–H and O–H groups in total. The minimum Gasteiger partial charge on any atom is -0.477 e. The highest BCUT2D eigenvalue weighted by atomic mass is 32.2. The summed E-state index contributed by atoms with van der Waals surface area (Å²) in [5.41, 5.74) is 0.444. The Kier molecular flexibility index (Phi) is 3.95. The van der Waals surface area contributed by atoms with Gasteiger partial charge in [0.25, 0.3) is 0 Å². The minimum atomic E-state index is -3.52. The first kappa shape index (κ1) is 18.1.